The molecule has 1 atom stereocenters. The zero-order valence-corrected chi connectivity index (χ0v) is 7.76. The predicted octanol–water partition coefficient (Wildman–Crippen LogP) is 0.531. The van der Waals surface area contributed by atoms with E-state index in [2.05, 4.69) is 5.32 Å². The Morgan fingerprint density at radius 1 is 1.67 bits per heavy atom. The van der Waals surface area contributed by atoms with Crippen molar-refractivity contribution in [3.8, 4) is 0 Å². The van der Waals surface area contributed by atoms with Crippen LogP contribution in [0.15, 0.2) is 0 Å². The first-order chi connectivity index (χ1) is 5.55. The highest BCUT2D eigenvalue weighted by atomic mass is 16.3. The van der Waals surface area contributed by atoms with Crippen molar-refractivity contribution in [2.75, 3.05) is 13.2 Å². The van der Waals surface area contributed by atoms with E-state index < -0.39 is 0 Å². The van der Waals surface area contributed by atoms with Gasteiger partial charge in [-0.1, -0.05) is 13.8 Å². The number of carbonyl (C=O) groups is 1. The van der Waals surface area contributed by atoms with Gasteiger partial charge in [-0.05, 0) is 18.3 Å². The van der Waals surface area contributed by atoms with E-state index in [0.29, 0.717) is 0 Å². The first kappa shape index (κ1) is 9.52. The summed E-state index contributed by atoms with van der Waals surface area (Å²) < 4.78 is 0. The van der Waals surface area contributed by atoms with Gasteiger partial charge in [0, 0.05) is 19.1 Å². The van der Waals surface area contributed by atoms with Crippen LogP contribution in [0.2, 0.25) is 0 Å². The number of aliphatic hydroxyl groups excluding tert-OH is 1. The maximum atomic E-state index is 11.2. The summed E-state index contributed by atoms with van der Waals surface area (Å²) in [5, 5.41) is 11.8. The third kappa shape index (κ3) is 2.21. The van der Waals surface area contributed by atoms with Crippen LogP contribution >= 0.6 is 0 Å². The molecule has 1 amide bonds. The monoisotopic (exact) mass is 171 g/mol. The van der Waals surface area contributed by atoms with Crippen LogP contribution in [-0.4, -0.2) is 24.2 Å². The lowest BCUT2D eigenvalue weighted by Crippen LogP contribution is -2.26. The third-order valence-electron chi connectivity index (χ3n) is 2.39. The van der Waals surface area contributed by atoms with Crippen molar-refractivity contribution in [2.24, 2.45) is 11.3 Å². The molecule has 1 saturated heterocycles. The Hall–Kier alpha value is -0.570. The number of aliphatic hydroxyl groups is 1. The zero-order chi connectivity index (χ0) is 9.19. The molecule has 1 aliphatic rings. The fourth-order valence-electron chi connectivity index (χ4n) is 1.57. The van der Waals surface area contributed by atoms with Gasteiger partial charge in [0.15, 0.2) is 0 Å². The smallest absolute Gasteiger partial charge is 0.223 e. The van der Waals surface area contributed by atoms with Crippen molar-refractivity contribution in [3.63, 3.8) is 0 Å². The Morgan fingerprint density at radius 2 is 2.33 bits per heavy atom. The van der Waals surface area contributed by atoms with Gasteiger partial charge in [0.25, 0.3) is 0 Å². The summed E-state index contributed by atoms with van der Waals surface area (Å²) in [7, 11) is 0. The lowest BCUT2D eigenvalue weighted by molar-refractivity contribution is -0.123. The molecule has 1 rings (SSSR count). The van der Waals surface area contributed by atoms with E-state index in [1.54, 1.807) is 0 Å². The van der Waals surface area contributed by atoms with Gasteiger partial charge >= 0.3 is 0 Å². The van der Waals surface area contributed by atoms with Crippen molar-refractivity contribution < 1.29 is 9.90 Å². The van der Waals surface area contributed by atoms with E-state index in [0.717, 1.165) is 19.4 Å². The molecule has 0 aliphatic carbocycles. The quantitative estimate of drug-likeness (QED) is 0.650. The van der Waals surface area contributed by atoms with Gasteiger partial charge in [-0.15, -0.1) is 0 Å². The normalized spacial score (nSPS) is 24.2. The molecule has 1 aliphatic heterocycles. The Kier molecular flexibility index (Phi) is 2.73. The van der Waals surface area contributed by atoms with E-state index in [4.69, 9.17) is 5.11 Å². The molecule has 0 spiro atoms. The molecule has 3 heteroatoms. The van der Waals surface area contributed by atoms with Crippen molar-refractivity contribution in [2.45, 2.75) is 26.7 Å². The second kappa shape index (κ2) is 3.44. The minimum absolute atomic E-state index is 0.118. The van der Waals surface area contributed by atoms with Crippen LogP contribution in [0.3, 0.4) is 0 Å². The van der Waals surface area contributed by atoms with E-state index in [1.165, 1.54) is 0 Å². The van der Waals surface area contributed by atoms with Gasteiger partial charge < -0.3 is 10.4 Å². The standard InChI is InChI=1S/C9H17NO2/c1-9(2,6-11)5-7-3-4-10-8(7)12/h7,11H,3-6H2,1-2H3,(H,10,12). The van der Waals surface area contributed by atoms with Crippen LogP contribution in [0, 0.1) is 11.3 Å². The molecular weight excluding hydrogens is 154 g/mol. The minimum atomic E-state index is -0.119. The molecule has 1 heterocycles. The van der Waals surface area contributed by atoms with Crippen LogP contribution < -0.4 is 5.32 Å². The molecule has 3 nitrogen and oxygen atoms in total. The maximum Gasteiger partial charge on any atom is 0.223 e. The van der Waals surface area contributed by atoms with Gasteiger partial charge in [0.05, 0.1) is 0 Å². The Morgan fingerprint density at radius 3 is 2.75 bits per heavy atom. The molecule has 70 valence electrons. The fraction of sp³-hybridized carbons (Fsp3) is 0.889. The molecule has 0 bridgehead atoms. The molecule has 0 aromatic rings. The van der Waals surface area contributed by atoms with Gasteiger partial charge in [-0.25, -0.2) is 0 Å². The Bertz CT molecular complexity index is 177. The molecule has 1 fully saturated rings. The van der Waals surface area contributed by atoms with E-state index in [1.807, 2.05) is 13.8 Å². The summed E-state index contributed by atoms with van der Waals surface area (Å²) >= 11 is 0. The number of hydrogen-bond acceptors (Lipinski definition) is 2. The maximum absolute atomic E-state index is 11.2. The highest BCUT2D eigenvalue weighted by Gasteiger charge is 2.30. The SMILES string of the molecule is CC(C)(CO)CC1CCNC1=O. The zero-order valence-electron chi connectivity index (χ0n) is 7.76. The van der Waals surface area contributed by atoms with Crippen LogP contribution in [0.1, 0.15) is 26.7 Å². The van der Waals surface area contributed by atoms with Crippen LogP contribution in [0.25, 0.3) is 0 Å². The molecule has 0 saturated carbocycles. The predicted molar refractivity (Wildman–Crippen MR) is 46.6 cm³/mol. The number of hydrogen-bond donors (Lipinski definition) is 2. The molecule has 0 aromatic carbocycles. The van der Waals surface area contributed by atoms with E-state index in [9.17, 15) is 4.79 Å². The second-order valence-electron chi connectivity index (χ2n) is 4.30. The number of rotatable bonds is 3. The molecular formula is C9H17NO2. The largest absolute Gasteiger partial charge is 0.396 e. The highest BCUT2D eigenvalue weighted by Crippen LogP contribution is 2.28. The summed E-state index contributed by atoms with van der Waals surface area (Å²) in [6.07, 6.45) is 1.71. The lowest BCUT2D eigenvalue weighted by Gasteiger charge is -2.23. The van der Waals surface area contributed by atoms with Gasteiger partial charge in [-0.2, -0.15) is 0 Å². The highest BCUT2D eigenvalue weighted by molar-refractivity contribution is 5.80. The summed E-state index contributed by atoms with van der Waals surface area (Å²) in [5.41, 5.74) is -0.119. The van der Waals surface area contributed by atoms with Gasteiger partial charge in [0.1, 0.15) is 0 Å². The molecule has 0 aromatic heterocycles. The number of carbonyl (C=O) groups excluding carboxylic acids is 1. The first-order valence-corrected chi connectivity index (χ1v) is 4.44. The van der Waals surface area contributed by atoms with Gasteiger partial charge in [0.2, 0.25) is 5.91 Å². The van der Waals surface area contributed by atoms with E-state index in [-0.39, 0.29) is 23.8 Å². The summed E-state index contributed by atoms with van der Waals surface area (Å²) in [4.78, 5) is 11.2. The average molecular weight is 171 g/mol. The second-order valence-corrected chi connectivity index (χ2v) is 4.30. The van der Waals surface area contributed by atoms with Crippen molar-refractivity contribution in [3.05, 3.63) is 0 Å². The van der Waals surface area contributed by atoms with Crippen LogP contribution in [0.4, 0.5) is 0 Å². The first-order valence-electron chi connectivity index (χ1n) is 4.44. The van der Waals surface area contributed by atoms with Crippen molar-refractivity contribution >= 4 is 5.91 Å². The van der Waals surface area contributed by atoms with Crippen LogP contribution in [0.5, 0.6) is 0 Å². The van der Waals surface area contributed by atoms with Gasteiger partial charge in [-0.3, -0.25) is 4.79 Å². The lowest BCUT2D eigenvalue weighted by atomic mass is 9.83. The van der Waals surface area contributed by atoms with Crippen molar-refractivity contribution in [1.82, 2.24) is 5.32 Å². The summed E-state index contributed by atoms with van der Waals surface area (Å²) in [5.74, 6) is 0.267. The average Bonchev–Trinajstić information content (AvgIpc) is 2.36. The summed E-state index contributed by atoms with van der Waals surface area (Å²) in [6, 6.07) is 0. The Labute approximate surface area is 73.2 Å². The number of amides is 1. The van der Waals surface area contributed by atoms with Crippen LogP contribution in [-0.2, 0) is 4.79 Å². The molecule has 2 N–H and O–H groups in total. The number of nitrogens with one attached hydrogen (secondary N) is 1. The Balaban J connectivity index is 2.45. The molecule has 12 heavy (non-hydrogen) atoms. The topological polar surface area (TPSA) is 49.3 Å². The van der Waals surface area contributed by atoms with Crippen molar-refractivity contribution in [1.29, 1.82) is 0 Å². The van der Waals surface area contributed by atoms with E-state index >= 15 is 0 Å². The molecule has 0 radical (unpaired) electrons. The minimum Gasteiger partial charge on any atom is -0.396 e. The third-order valence-corrected chi connectivity index (χ3v) is 2.39. The summed E-state index contributed by atoms with van der Waals surface area (Å²) in [6.45, 7) is 4.92. The molecule has 1 unspecified atom stereocenters. The fourth-order valence-corrected chi connectivity index (χ4v) is 1.57.